The first-order valence-corrected chi connectivity index (χ1v) is 40.5. The van der Waals surface area contributed by atoms with Gasteiger partial charge >= 0.3 is 11.9 Å². The van der Waals surface area contributed by atoms with Gasteiger partial charge in [-0.15, -0.1) is 0 Å². The standard InChI is InChI=1S/C71H116N24O23S2/c1-39(96)60(92-62(107)44(74)35-119)68(113)82-31-54(101)88-46(11-3-7-17-76-19-9-5-15-72)66(111)90-48(23-41-27-78-37-86-41)64(109)84-33-58(105)117-50-25-56(103)94(70(50)115)21-13-52(99)80-29-43(98)30-81-53(100)14-22-95-57(104)26-51(71(95)116)118-59(106)34-85-65(110)49(24-42-28-79-38-87-42)91-67(112)47(12-4-8-18-77-20-10-6-16-73)89-55(102)32-83-69(114)61(40(2)97)93-63(108)45(75)36-120/h27-28,37-40,43-51,60-61,76-77,96-98,119-120H,3-26,29-36,72-75H2,1-2H3,(H,78,86)(H,79,87)(H,80,99)(H,81,100)(H,82,113)(H,83,114)(H,84,109)(H,85,110)(H,88,101)(H,89,102)(H,90,111)(H,91,112)(H,92,107)(H,93,108)/t39-,40-,43?,44+,45+,46+,47+,48+,49+,50?,51?,60+,61+/m1/s1. The molecule has 0 aliphatic carbocycles. The molecule has 2 unspecified atom stereocenters. The predicted octanol–water partition coefficient (Wildman–Crippen LogP) is -11.7. The Labute approximate surface area is 701 Å². The van der Waals surface area contributed by atoms with E-state index >= 15 is 0 Å². The minimum atomic E-state index is -1.67. The van der Waals surface area contributed by atoms with Crippen LogP contribution in [0.5, 0.6) is 0 Å². The molecule has 27 N–H and O–H groups in total. The van der Waals surface area contributed by atoms with Crippen LogP contribution in [0.3, 0.4) is 0 Å². The Morgan fingerprint density at radius 3 is 1.16 bits per heavy atom. The quantitative estimate of drug-likeness (QED) is 0.0127. The molecular formula is C71H116N24O23S2. The van der Waals surface area contributed by atoms with E-state index in [2.05, 4.69) is 120 Å². The number of aromatic amines is 2. The average Bonchev–Trinajstić information content (AvgIpc) is 1.69. The smallest absolute Gasteiger partial charge is 0.326 e. The second-order valence-electron chi connectivity index (χ2n) is 28.2. The zero-order valence-electron chi connectivity index (χ0n) is 66.9. The molecule has 0 spiro atoms. The number of nitrogens with zero attached hydrogens (tertiary/aromatic N) is 4. The van der Waals surface area contributed by atoms with Crippen LogP contribution in [0.25, 0.3) is 0 Å². The Kier molecular flexibility index (Phi) is 47.1. The average molecular weight is 1740 g/mol. The third-order valence-corrected chi connectivity index (χ3v) is 19.1. The molecule has 2 aromatic heterocycles. The molecule has 2 aliphatic heterocycles. The molecule has 4 heterocycles. The summed E-state index contributed by atoms with van der Waals surface area (Å²) in [6.45, 7) is 0.862. The van der Waals surface area contributed by atoms with Gasteiger partial charge in [-0.2, -0.15) is 25.3 Å². The number of esters is 2. The predicted molar refractivity (Wildman–Crippen MR) is 429 cm³/mol. The number of amides is 16. The molecule has 0 radical (unpaired) electrons. The fourth-order valence-corrected chi connectivity index (χ4v) is 11.9. The second kappa shape index (κ2) is 55.5. The Hall–Kier alpha value is -10.4. The summed E-state index contributed by atoms with van der Waals surface area (Å²) >= 11 is 7.92. The first kappa shape index (κ1) is 102. The maximum absolute atomic E-state index is 14.0. The van der Waals surface area contributed by atoms with Crippen molar-refractivity contribution in [1.29, 1.82) is 0 Å². The van der Waals surface area contributed by atoms with Gasteiger partial charge in [0.1, 0.15) is 49.3 Å². The largest absolute Gasteiger partial charge is 0.450 e. The van der Waals surface area contributed by atoms with Crippen molar-refractivity contribution in [2.24, 2.45) is 22.9 Å². The molecule has 0 aromatic carbocycles. The van der Waals surface area contributed by atoms with Crippen molar-refractivity contribution < 1.29 is 111 Å². The highest BCUT2D eigenvalue weighted by Crippen LogP contribution is 2.19. The van der Waals surface area contributed by atoms with Crippen LogP contribution in [0.15, 0.2) is 25.0 Å². The third kappa shape index (κ3) is 37.9. The van der Waals surface area contributed by atoms with E-state index < -0.39 is 263 Å². The number of imidazole rings is 2. The number of unbranched alkanes of at least 4 members (excludes halogenated alkanes) is 4. The maximum Gasteiger partial charge on any atom is 0.326 e. The molecule has 0 saturated carbocycles. The molecule has 2 saturated heterocycles. The number of ether oxygens (including phenoxy) is 2. The number of rotatable bonds is 60. The van der Waals surface area contributed by atoms with Crippen LogP contribution >= 0.6 is 25.3 Å². The SMILES string of the molecule is C[C@@H](O)[C@H](NC(=O)[C@@H](N)CS)C(=O)NCC(=O)N[C@@H](CCCCNCCCCN)C(=O)N[C@@H](Cc1cnc[nH]1)C(=O)NCC(=O)OC1CC(=O)N(CCC(=O)NCC(O)CNC(=O)CCN2C(=O)CC(OC(=O)CNC(=O)[C@H](Cc3cnc[nH]3)NC(=O)[C@H](CCCCNCCCCN)NC(=O)CNC(=O)[C@@H](NC(=O)[C@@H](N)CS)[C@@H](C)O)C2=O)C1=O. The Morgan fingerprint density at radius 2 is 0.825 bits per heavy atom. The molecule has 120 heavy (non-hydrogen) atoms. The molecule has 4 rings (SSSR count). The number of aliphatic hydroxyl groups excluding tert-OH is 3. The van der Waals surface area contributed by atoms with Gasteiger partial charge in [0.05, 0.1) is 69.0 Å². The molecule has 49 heteroatoms. The van der Waals surface area contributed by atoms with Crippen molar-refractivity contribution in [3.05, 3.63) is 36.4 Å². The van der Waals surface area contributed by atoms with Crippen LogP contribution < -0.4 is 97.4 Å². The maximum atomic E-state index is 14.0. The topological polar surface area (TPSA) is 723 Å². The molecule has 2 aromatic rings. The summed E-state index contributed by atoms with van der Waals surface area (Å²) in [5.41, 5.74) is 23.2. The minimum Gasteiger partial charge on any atom is -0.450 e. The normalized spacial score (nSPS) is 16.6. The van der Waals surface area contributed by atoms with Crippen molar-refractivity contribution >= 4 is 132 Å². The number of hydrogen-bond donors (Lipinski definition) is 25. The van der Waals surface area contributed by atoms with E-state index in [1.807, 2.05) is 0 Å². The third-order valence-electron chi connectivity index (χ3n) is 18.3. The first-order valence-electron chi connectivity index (χ1n) is 39.3. The van der Waals surface area contributed by atoms with Gasteiger partial charge in [-0.1, -0.05) is 0 Å². The summed E-state index contributed by atoms with van der Waals surface area (Å²) in [5.74, 6) is -16.5. The number of nitrogens with one attached hydrogen (secondary N) is 16. The lowest BCUT2D eigenvalue weighted by Gasteiger charge is -2.24. The van der Waals surface area contributed by atoms with Crippen LogP contribution in [0.2, 0.25) is 0 Å². The van der Waals surface area contributed by atoms with Gasteiger partial charge in [0.25, 0.3) is 11.8 Å². The fraction of sp³-hybridized carbons (Fsp3) is 0.662. The summed E-state index contributed by atoms with van der Waals surface area (Å²) in [6.07, 6.45) is 0.220. The van der Waals surface area contributed by atoms with Gasteiger partial charge < -0.3 is 132 Å². The lowest BCUT2D eigenvalue weighted by atomic mass is 10.1. The van der Waals surface area contributed by atoms with Crippen molar-refractivity contribution in [3.63, 3.8) is 0 Å². The van der Waals surface area contributed by atoms with Gasteiger partial charge in [-0.05, 0) is 117 Å². The highest BCUT2D eigenvalue weighted by atomic mass is 32.1. The van der Waals surface area contributed by atoms with E-state index in [4.69, 9.17) is 32.4 Å². The van der Waals surface area contributed by atoms with E-state index in [1.54, 1.807) is 0 Å². The minimum absolute atomic E-state index is 0.0351. The number of carbonyl (C=O) groups is 18. The number of aromatic nitrogens is 4. The van der Waals surface area contributed by atoms with Crippen molar-refractivity contribution in [2.45, 2.75) is 195 Å². The van der Waals surface area contributed by atoms with Gasteiger partial charge in [0, 0.05) is 87.1 Å². The monoisotopic (exact) mass is 1740 g/mol. The van der Waals surface area contributed by atoms with Gasteiger partial charge in [-0.25, -0.2) is 9.97 Å². The summed E-state index contributed by atoms with van der Waals surface area (Å²) < 4.78 is 10.5. The molecular weight excluding hydrogens is 1620 g/mol. The lowest BCUT2D eigenvalue weighted by Crippen LogP contribution is -2.58. The fourth-order valence-electron chi connectivity index (χ4n) is 11.6. The zero-order valence-corrected chi connectivity index (χ0v) is 68.7. The van der Waals surface area contributed by atoms with E-state index in [1.165, 1.54) is 38.9 Å². The number of hydrogen-bond acceptors (Lipinski definition) is 33. The Balaban J connectivity index is 1.23. The number of imide groups is 2. The molecule has 16 amide bonds. The molecule has 2 aliphatic rings. The van der Waals surface area contributed by atoms with Crippen LogP contribution in [0.1, 0.15) is 115 Å². The summed E-state index contributed by atoms with van der Waals surface area (Å²) in [7, 11) is 0. The molecule has 12 atom stereocenters. The Morgan fingerprint density at radius 1 is 0.467 bits per heavy atom. The van der Waals surface area contributed by atoms with Crippen LogP contribution in [-0.4, -0.2) is 333 Å². The van der Waals surface area contributed by atoms with Gasteiger partial charge in [-0.3, -0.25) is 96.1 Å². The number of H-pyrrole nitrogens is 2. The van der Waals surface area contributed by atoms with Gasteiger partial charge in [0.15, 0.2) is 12.2 Å². The summed E-state index contributed by atoms with van der Waals surface area (Å²) in [4.78, 5) is 252. The number of carbonyl (C=O) groups excluding carboxylic acids is 18. The lowest BCUT2D eigenvalue weighted by molar-refractivity contribution is -0.156. The highest BCUT2D eigenvalue weighted by molar-refractivity contribution is 7.80. The number of nitrogens with two attached hydrogens (primary N) is 4. The number of thiol groups is 2. The summed E-state index contributed by atoms with van der Waals surface area (Å²) in [5, 5.41) is 66.4. The van der Waals surface area contributed by atoms with E-state index in [9.17, 15) is 102 Å². The Bertz CT molecular complexity index is 3490. The van der Waals surface area contributed by atoms with E-state index in [0.29, 0.717) is 86.1 Å². The van der Waals surface area contributed by atoms with Crippen LogP contribution in [0, 0.1) is 0 Å². The highest BCUT2D eigenvalue weighted by Gasteiger charge is 2.43. The van der Waals surface area contributed by atoms with Crippen LogP contribution in [-0.2, 0) is 109 Å². The van der Waals surface area contributed by atoms with E-state index in [-0.39, 0.29) is 37.2 Å². The van der Waals surface area contributed by atoms with Gasteiger partial charge in [0.2, 0.25) is 82.7 Å². The number of aliphatic hydroxyl groups is 3. The first-order chi connectivity index (χ1) is 57.2. The summed E-state index contributed by atoms with van der Waals surface area (Å²) in [6, 6.07) is -10.8. The van der Waals surface area contributed by atoms with Crippen LogP contribution in [0.4, 0.5) is 0 Å². The van der Waals surface area contributed by atoms with Crippen molar-refractivity contribution in [3.8, 4) is 0 Å². The molecule has 2 fully saturated rings. The molecule has 47 nitrogen and oxygen atoms in total. The second-order valence-corrected chi connectivity index (χ2v) is 28.9. The molecule has 670 valence electrons. The van der Waals surface area contributed by atoms with Crippen molar-refractivity contribution in [2.75, 3.05) is 103 Å². The number of likely N-dealkylation sites (tertiary alicyclic amines) is 2. The van der Waals surface area contributed by atoms with Crippen molar-refractivity contribution in [1.82, 2.24) is 104 Å². The van der Waals surface area contributed by atoms with E-state index in [0.717, 1.165) is 25.7 Å². The molecule has 0 bridgehead atoms. The zero-order chi connectivity index (χ0) is 88.8.